The zero-order valence-electron chi connectivity index (χ0n) is 10.9. The van der Waals surface area contributed by atoms with Gasteiger partial charge in [0.1, 0.15) is 0 Å². The molecule has 0 fully saturated rings. The number of aromatic hydroxyl groups is 2. The summed E-state index contributed by atoms with van der Waals surface area (Å²) in [7, 11) is 0. The highest BCUT2D eigenvalue weighted by atomic mass is 16.5. The average molecular weight is 263 g/mol. The monoisotopic (exact) mass is 263 g/mol. The van der Waals surface area contributed by atoms with Crippen LogP contribution >= 0.6 is 0 Å². The van der Waals surface area contributed by atoms with E-state index in [1.807, 2.05) is 0 Å². The van der Waals surface area contributed by atoms with Crippen LogP contribution in [0.1, 0.15) is 32.2 Å². The number of rotatable bonds is 4. The van der Waals surface area contributed by atoms with E-state index in [1.165, 1.54) is 12.1 Å². The first-order valence-electron chi connectivity index (χ1n) is 6.09. The van der Waals surface area contributed by atoms with E-state index in [9.17, 15) is 10.2 Å². The van der Waals surface area contributed by atoms with Crippen molar-refractivity contribution in [3.8, 4) is 22.9 Å². The van der Waals surface area contributed by atoms with Crippen LogP contribution in [0, 0.1) is 5.92 Å². The van der Waals surface area contributed by atoms with Crippen molar-refractivity contribution in [2.45, 2.75) is 26.3 Å². The number of hydrogen-bond acceptors (Lipinski definition) is 6. The van der Waals surface area contributed by atoms with Crippen LogP contribution < -0.4 is 5.73 Å². The molecular formula is C13H17N3O3. The second-order valence-corrected chi connectivity index (χ2v) is 4.90. The minimum atomic E-state index is -0.299. The largest absolute Gasteiger partial charge is 0.504 e. The van der Waals surface area contributed by atoms with Crippen LogP contribution in [0.2, 0.25) is 0 Å². The maximum absolute atomic E-state index is 9.44. The second-order valence-electron chi connectivity index (χ2n) is 4.90. The van der Waals surface area contributed by atoms with Crippen LogP contribution in [0.3, 0.4) is 0 Å². The molecule has 0 amide bonds. The lowest BCUT2D eigenvalue weighted by atomic mass is 10.0. The van der Waals surface area contributed by atoms with Gasteiger partial charge in [0.2, 0.25) is 11.7 Å². The van der Waals surface area contributed by atoms with Gasteiger partial charge in [-0.1, -0.05) is 19.0 Å². The summed E-state index contributed by atoms with van der Waals surface area (Å²) in [5.41, 5.74) is 6.51. The Morgan fingerprint density at radius 3 is 2.63 bits per heavy atom. The summed E-state index contributed by atoms with van der Waals surface area (Å²) in [6.07, 6.45) is 0.752. The van der Waals surface area contributed by atoms with Crippen molar-refractivity contribution in [2.75, 3.05) is 0 Å². The molecule has 4 N–H and O–H groups in total. The van der Waals surface area contributed by atoms with Gasteiger partial charge < -0.3 is 20.5 Å². The van der Waals surface area contributed by atoms with Crippen LogP contribution in [0.25, 0.3) is 11.4 Å². The lowest BCUT2D eigenvalue weighted by Gasteiger charge is -2.08. The van der Waals surface area contributed by atoms with E-state index < -0.39 is 0 Å². The molecule has 6 nitrogen and oxygen atoms in total. The topological polar surface area (TPSA) is 105 Å². The van der Waals surface area contributed by atoms with Crippen LogP contribution in [0.15, 0.2) is 22.7 Å². The van der Waals surface area contributed by atoms with Gasteiger partial charge >= 0.3 is 0 Å². The molecule has 0 radical (unpaired) electrons. The van der Waals surface area contributed by atoms with E-state index in [1.54, 1.807) is 6.07 Å². The maximum Gasteiger partial charge on any atom is 0.243 e. The van der Waals surface area contributed by atoms with Gasteiger partial charge in [-0.05, 0) is 30.5 Å². The van der Waals surface area contributed by atoms with Crippen LogP contribution in [0.4, 0.5) is 0 Å². The third-order valence-corrected chi connectivity index (χ3v) is 2.72. The van der Waals surface area contributed by atoms with E-state index >= 15 is 0 Å². The Bertz CT molecular complexity index is 566. The Hall–Kier alpha value is -2.08. The molecule has 0 aliphatic carbocycles. The number of hydrogen-bond donors (Lipinski definition) is 3. The molecule has 0 aliphatic heterocycles. The molecule has 0 spiro atoms. The first kappa shape index (κ1) is 13.4. The molecule has 0 bridgehead atoms. The molecule has 1 aromatic carbocycles. The summed E-state index contributed by atoms with van der Waals surface area (Å²) in [6.45, 7) is 4.13. The number of phenolic OH excluding ortho intramolecular Hbond substituents is 2. The molecular weight excluding hydrogens is 246 g/mol. The Morgan fingerprint density at radius 2 is 2.00 bits per heavy atom. The predicted molar refractivity (Wildman–Crippen MR) is 69.4 cm³/mol. The Morgan fingerprint density at radius 1 is 1.26 bits per heavy atom. The molecule has 0 saturated carbocycles. The Kier molecular flexibility index (Phi) is 3.71. The van der Waals surface area contributed by atoms with Crippen molar-refractivity contribution in [2.24, 2.45) is 11.7 Å². The highest BCUT2D eigenvalue weighted by Crippen LogP contribution is 2.29. The summed E-state index contributed by atoms with van der Waals surface area (Å²) in [5, 5.41) is 22.5. The van der Waals surface area contributed by atoms with Crippen LogP contribution in [0.5, 0.6) is 11.5 Å². The van der Waals surface area contributed by atoms with E-state index in [-0.39, 0.29) is 17.5 Å². The molecule has 0 aliphatic rings. The lowest BCUT2D eigenvalue weighted by molar-refractivity contribution is 0.335. The number of aromatic nitrogens is 2. The van der Waals surface area contributed by atoms with Gasteiger partial charge in [-0.3, -0.25) is 0 Å². The van der Waals surface area contributed by atoms with Crippen molar-refractivity contribution >= 4 is 0 Å². The molecule has 102 valence electrons. The quantitative estimate of drug-likeness (QED) is 0.730. The molecule has 2 rings (SSSR count). The molecule has 1 atom stereocenters. The van der Waals surface area contributed by atoms with Crippen molar-refractivity contribution < 1.29 is 14.7 Å². The van der Waals surface area contributed by atoms with E-state index in [2.05, 4.69) is 24.0 Å². The summed E-state index contributed by atoms with van der Waals surface area (Å²) in [4.78, 5) is 4.21. The third kappa shape index (κ3) is 3.03. The standard InChI is InChI=1S/C13H17N3O3/c1-7(2)5-9(14)13-15-12(16-19-13)8-3-4-10(17)11(18)6-8/h3-4,6-7,9,17-18H,5,14H2,1-2H3/t9-/m1/s1. The highest BCUT2D eigenvalue weighted by Gasteiger charge is 2.17. The minimum Gasteiger partial charge on any atom is -0.504 e. The maximum atomic E-state index is 9.44. The van der Waals surface area contributed by atoms with Crippen molar-refractivity contribution in [1.29, 1.82) is 0 Å². The molecule has 1 aromatic heterocycles. The molecule has 0 saturated heterocycles. The summed E-state index contributed by atoms with van der Waals surface area (Å²) >= 11 is 0. The summed E-state index contributed by atoms with van der Waals surface area (Å²) in [6, 6.07) is 4.04. The fraction of sp³-hybridized carbons (Fsp3) is 0.385. The minimum absolute atomic E-state index is 0.191. The van der Waals surface area contributed by atoms with Gasteiger partial charge in [0.05, 0.1) is 6.04 Å². The number of phenols is 2. The average Bonchev–Trinajstić information content (AvgIpc) is 2.81. The van der Waals surface area contributed by atoms with Crippen LogP contribution in [-0.4, -0.2) is 20.4 Å². The Balaban J connectivity index is 2.22. The van der Waals surface area contributed by atoms with E-state index in [0.717, 1.165) is 6.42 Å². The molecule has 19 heavy (non-hydrogen) atoms. The van der Waals surface area contributed by atoms with Crippen molar-refractivity contribution in [3.63, 3.8) is 0 Å². The van der Waals surface area contributed by atoms with Gasteiger partial charge in [-0.25, -0.2) is 0 Å². The summed E-state index contributed by atoms with van der Waals surface area (Å²) in [5.74, 6) is 0.725. The normalized spacial score (nSPS) is 12.8. The van der Waals surface area contributed by atoms with Gasteiger partial charge in [-0.15, -0.1) is 0 Å². The smallest absolute Gasteiger partial charge is 0.243 e. The van der Waals surface area contributed by atoms with Gasteiger partial charge in [0.15, 0.2) is 11.5 Å². The predicted octanol–water partition coefficient (Wildman–Crippen LogP) is 2.19. The Labute approximate surface area is 110 Å². The van der Waals surface area contributed by atoms with Gasteiger partial charge in [0.25, 0.3) is 0 Å². The molecule has 6 heteroatoms. The molecule has 0 unspecified atom stereocenters. The van der Waals surface area contributed by atoms with E-state index in [4.69, 9.17) is 10.3 Å². The fourth-order valence-electron chi connectivity index (χ4n) is 1.77. The van der Waals surface area contributed by atoms with E-state index in [0.29, 0.717) is 23.2 Å². The number of nitrogens with two attached hydrogens (primary N) is 1. The van der Waals surface area contributed by atoms with Crippen molar-refractivity contribution in [1.82, 2.24) is 10.1 Å². The molecule has 1 heterocycles. The molecule has 2 aromatic rings. The zero-order valence-corrected chi connectivity index (χ0v) is 10.9. The summed E-state index contributed by atoms with van der Waals surface area (Å²) < 4.78 is 5.12. The van der Waals surface area contributed by atoms with Crippen LogP contribution in [-0.2, 0) is 0 Å². The van der Waals surface area contributed by atoms with Crippen molar-refractivity contribution in [3.05, 3.63) is 24.1 Å². The number of nitrogens with zero attached hydrogens (tertiary/aromatic N) is 2. The highest BCUT2D eigenvalue weighted by molar-refractivity contribution is 5.59. The van der Waals surface area contributed by atoms with Gasteiger partial charge in [0, 0.05) is 5.56 Å². The second kappa shape index (κ2) is 5.27. The number of benzene rings is 1. The zero-order chi connectivity index (χ0) is 14.0. The fourth-order valence-corrected chi connectivity index (χ4v) is 1.77. The van der Waals surface area contributed by atoms with Gasteiger partial charge in [-0.2, -0.15) is 4.98 Å². The lowest BCUT2D eigenvalue weighted by Crippen LogP contribution is -2.13. The third-order valence-electron chi connectivity index (χ3n) is 2.72. The first-order chi connectivity index (χ1) is 8.97. The first-order valence-corrected chi connectivity index (χ1v) is 6.09. The SMILES string of the molecule is CC(C)C[C@@H](N)c1nc(-c2ccc(O)c(O)c2)no1.